The van der Waals surface area contributed by atoms with Crippen molar-refractivity contribution in [2.45, 2.75) is 13.3 Å². The van der Waals surface area contributed by atoms with E-state index in [0.29, 0.717) is 16.9 Å². The molecule has 0 radical (unpaired) electrons. The number of nitrogens with one attached hydrogen (secondary N) is 2. The number of benzene rings is 4. The molecular formula is C28H22N2O3. The molecule has 0 aliphatic rings. The van der Waals surface area contributed by atoms with Gasteiger partial charge in [0.1, 0.15) is 5.58 Å². The van der Waals surface area contributed by atoms with Crippen LogP contribution in [0.25, 0.3) is 21.7 Å². The average Bonchev–Trinajstić information content (AvgIpc) is 3.25. The lowest BCUT2D eigenvalue weighted by Gasteiger charge is -2.13. The molecule has 1 heterocycles. The Morgan fingerprint density at radius 2 is 1.52 bits per heavy atom. The number of carbonyl (C=O) groups is 2. The topological polar surface area (TPSA) is 71.3 Å². The van der Waals surface area contributed by atoms with Gasteiger partial charge in [0.05, 0.1) is 12.7 Å². The van der Waals surface area contributed by atoms with Crippen LogP contribution in [0.1, 0.15) is 21.5 Å². The lowest BCUT2D eigenvalue weighted by Crippen LogP contribution is -2.17. The lowest BCUT2D eigenvalue weighted by atomic mass is 10.0. The van der Waals surface area contributed by atoms with Crippen LogP contribution in [0, 0.1) is 6.92 Å². The lowest BCUT2D eigenvalue weighted by molar-refractivity contribution is -0.115. The normalized spacial score (nSPS) is 10.9. The minimum Gasteiger partial charge on any atom is -0.464 e. The molecule has 4 aromatic carbocycles. The van der Waals surface area contributed by atoms with E-state index in [9.17, 15) is 9.59 Å². The van der Waals surface area contributed by atoms with Crippen LogP contribution in [0.3, 0.4) is 0 Å². The molecule has 2 N–H and O–H groups in total. The van der Waals surface area contributed by atoms with Gasteiger partial charge in [-0.05, 0) is 53.6 Å². The zero-order valence-electron chi connectivity index (χ0n) is 18.1. The highest BCUT2D eigenvalue weighted by Gasteiger charge is 2.15. The van der Waals surface area contributed by atoms with E-state index in [1.54, 1.807) is 18.4 Å². The number of furan rings is 1. The summed E-state index contributed by atoms with van der Waals surface area (Å²) >= 11 is 0. The Balaban J connectivity index is 1.36. The Bertz CT molecular complexity index is 1490. The van der Waals surface area contributed by atoms with Gasteiger partial charge in [0.25, 0.3) is 5.91 Å². The van der Waals surface area contributed by atoms with Gasteiger partial charge < -0.3 is 15.1 Å². The second-order valence-corrected chi connectivity index (χ2v) is 7.94. The number of rotatable bonds is 5. The van der Waals surface area contributed by atoms with Crippen LogP contribution in [0.15, 0.2) is 95.6 Å². The van der Waals surface area contributed by atoms with Gasteiger partial charge in [-0.2, -0.15) is 0 Å². The molecule has 5 heteroatoms. The summed E-state index contributed by atoms with van der Waals surface area (Å²) in [5.41, 5.74) is 4.27. The van der Waals surface area contributed by atoms with E-state index in [-0.39, 0.29) is 18.2 Å². The summed E-state index contributed by atoms with van der Waals surface area (Å²) in [6.45, 7) is 1.87. The van der Waals surface area contributed by atoms with Crippen LogP contribution in [0.2, 0.25) is 0 Å². The average molecular weight is 434 g/mol. The Morgan fingerprint density at radius 3 is 2.33 bits per heavy atom. The Morgan fingerprint density at radius 1 is 0.788 bits per heavy atom. The second-order valence-electron chi connectivity index (χ2n) is 7.94. The van der Waals surface area contributed by atoms with Gasteiger partial charge in [0, 0.05) is 27.9 Å². The van der Waals surface area contributed by atoms with Gasteiger partial charge in [-0.15, -0.1) is 0 Å². The Labute approximate surface area is 191 Å². The van der Waals surface area contributed by atoms with Crippen molar-refractivity contribution >= 4 is 44.9 Å². The summed E-state index contributed by atoms with van der Waals surface area (Å²) in [5.74, 6) is -0.348. The van der Waals surface area contributed by atoms with E-state index in [2.05, 4.69) is 10.6 Å². The van der Waals surface area contributed by atoms with Gasteiger partial charge in [0.15, 0.2) is 0 Å². The number of fused-ring (bicyclic) bond motifs is 3. The van der Waals surface area contributed by atoms with Crippen LogP contribution in [0.5, 0.6) is 0 Å². The smallest absolute Gasteiger partial charge is 0.255 e. The van der Waals surface area contributed by atoms with Crippen LogP contribution < -0.4 is 10.6 Å². The number of hydrogen-bond acceptors (Lipinski definition) is 3. The first-order valence-corrected chi connectivity index (χ1v) is 10.7. The van der Waals surface area contributed by atoms with Gasteiger partial charge in [-0.25, -0.2) is 0 Å². The van der Waals surface area contributed by atoms with Crippen LogP contribution in [-0.4, -0.2) is 11.8 Å². The van der Waals surface area contributed by atoms with E-state index >= 15 is 0 Å². The molecular weight excluding hydrogens is 412 g/mol. The zero-order chi connectivity index (χ0) is 22.8. The minimum absolute atomic E-state index is 0.153. The highest BCUT2D eigenvalue weighted by Crippen LogP contribution is 2.30. The van der Waals surface area contributed by atoms with Crippen molar-refractivity contribution in [3.8, 4) is 0 Å². The van der Waals surface area contributed by atoms with Crippen molar-refractivity contribution in [3.63, 3.8) is 0 Å². The molecule has 5 rings (SSSR count). The van der Waals surface area contributed by atoms with Crippen molar-refractivity contribution in [2.75, 3.05) is 10.6 Å². The molecule has 0 atom stereocenters. The quantitative estimate of drug-likeness (QED) is 0.340. The highest BCUT2D eigenvalue weighted by atomic mass is 16.3. The molecule has 0 unspecified atom stereocenters. The molecule has 2 amide bonds. The molecule has 0 saturated heterocycles. The predicted molar refractivity (Wildman–Crippen MR) is 132 cm³/mol. The van der Waals surface area contributed by atoms with Gasteiger partial charge in [-0.1, -0.05) is 54.6 Å². The van der Waals surface area contributed by atoms with E-state index in [1.165, 1.54) is 0 Å². The number of hydrogen-bond donors (Lipinski definition) is 2. The van der Waals surface area contributed by atoms with Crippen LogP contribution in [-0.2, 0) is 11.2 Å². The molecule has 0 bridgehead atoms. The summed E-state index contributed by atoms with van der Waals surface area (Å²) in [6.07, 6.45) is 1.83. The second kappa shape index (κ2) is 8.63. The summed E-state index contributed by atoms with van der Waals surface area (Å²) < 4.78 is 5.71. The zero-order valence-corrected chi connectivity index (χ0v) is 18.1. The first kappa shape index (κ1) is 20.5. The minimum atomic E-state index is -0.195. The van der Waals surface area contributed by atoms with Crippen molar-refractivity contribution in [3.05, 3.63) is 108 Å². The SMILES string of the molecule is Cc1c(NC(=O)Cc2coc3ccc4ccccc4c23)cccc1NC(=O)c1ccccc1. The fourth-order valence-corrected chi connectivity index (χ4v) is 4.06. The molecule has 0 spiro atoms. The first-order valence-electron chi connectivity index (χ1n) is 10.7. The third-order valence-corrected chi connectivity index (χ3v) is 5.78. The molecule has 5 aromatic rings. The molecule has 1 aromatic heterocycles. The monoisotopic (exact) mass is 434 g/mol. The summed E-state index contributed by atoms with van der Waals surface area (Å²) in [4.78, 5) is 25.5. The third kappa shape index (κ3) is 4.08. The van der Waals surface area contributed by atoms with E-state index in [4.69, 9.17) is 4.42 Å². The van der Waals surface area contributed by atoms with Gasteiger partial charge in [-0.3, -0.25) is 9.59 Å². The van der Waals surface area contributed by atoms with E-state index < -0.39 is 0 Å². The molecule has 0 aliphatic heterocycles. The maximum Gasteiger partial charge on any atom is 0.255 e. The predicted octanol–water partition coefficient (Wildman–Crippen LogP) is 6.33. The van der Waals surface area contributed by atoms with Crippen LogP contribution >= 0.6 is 0 Å². The van der Waals surface area contributed by atoms with Gasteiger partial charge >= 0.3 is 0 Å². The number of carbonyl (C=O) groups excluding carboxylic acids is 2. The Kier molecular flexibility index (Phi) is 5.37. The Hall–Kier alpha value is -4.38. The largest absolute Gasteiger partial charge is 0.464 e. The standard InChI is InChI=1S/C28H22N2O3/c1-18-23(12-7-13-24(18)30-28(32)20-9-3-2-4-10-20)29-26(31)16-21-17-33-25-15-14-19-8-5-6-11-22(19)27(21)25/h2-15,17H,16H2,1H3,(H,29,31)(H,30,32). The molecule has 0 fully saturated rings. The molecule has 162 valence electrons. The molecule has 0 aliphatic carbocycles. The number of amides is 2. The summed E-state index contributed by atoms with van der Waals surface area (Å²) in [5, 5.41) is 9.04. The van der Waals surface area contributed by atoms with E-state index in [0.717, 1.165) is 32.9 Å². The molecule has 5 nitrogen and oxygen atoms in total. The summed E-state index contributed by atoms with van der Waals surface area (Å²) in [6, 6.07) is 26.5. The highest BCUT2D eigenvalue weighted by molar-refractivity contribution is 6.09. The number of anilines is 2. The fourth-order valence-electron chi connectivity index (χ4n) is 4.06. The maximum atomic E-state index is 12.9. The fraction of sp³-hybridized carbons (Fsp3) is 0.0714. The first-order chi connectivity index (χ1) is 16.1. The third-order valence-electron chi connectivity index (χ3n) is 5.78. The van der Waals surface area contributed by atoms with Crippen LogP contribution in [0.4, 0.5) is 11.4 Å². The molecule has 33 heavy (non-hydrogen) atoms. The summed E-state index contributed by atoms with van der Waals surface area (Å²) in [7, 11) is 0. The molecule has 0 saturated carbocycles. The van der Waals surface area contributed by atoms with Crippen molar-refractivity contribution in [2.24, 2.45) is 0 Å². The van der Waals surface area contributed by atoms with Crippen molar-refractivity contribution in [1.82, 2.24) is 0 Å². The van der Waals surface area contributed by atoms with E-state index in [1.807, 2.05) is 79.7 Å². The van der Waals surface area contributed by atoms with Crippen molar-refractivity contribution in [1.29, 1.82) is 0 Å². The van der Waals surface area contributed by atoms with Gasteiger partial charge in [0.2, 0.25) is 5.91 Å². The maximum absolute atomic E-state index is 12.9. The van der Waals surface area contributed by atoms with Crippen molar-refractivity contribution < 1.29 is 14.0 Å².